The Morgan fingerprint density at radius 3 is 1.66 bits per heavy atom. The molecule has 12 aromatic rings. The third kappa shape index (κ3) is 4.01. The van der Waals surface area contributed by atoms with Crippen LogP contribution in [0.2, 0.25) is 0 Å². The molecule has 0 saturated heterocycles. The molecular formula is C51H29NO. The lowest BCUT2D eigenvalue weighted by molar-refractivity contribution is 0.670. The fourth-order valence-electron chi connectivity index (χ4n) is 9.06. The quantitative estimate of drug-likeness (QED) is 0.171. The molecule has 0 bridgehead atoms. The molecule has 0 aliphatic rings. The van der Waals surface area contributed by atoms with Crippen LogP contribution in [0.5, 0.6) is 0 Å². The van der Waals surface area contributed by atoms with Crippen LogP contribution in [-0.4, -0.2) is 4.98 Å². The Bertz CT molecular complexity index is 3520. The van der Waals surface area contributed by atoms with Crippen molar-refractivity contribution in [2.45, 2.75) is 0 Å². The SMILES string of the molecule is c1cc(-c2cc3ccccc3c3c2oc2ccc4ccccc4c23)cc(-c2nc3c4ccccc4c4ccccc4c3c3ccc4ccccc4c23)c1. The van der Waals surface area contributed by atoms with E-state index in [-0.39, 0.29) is 0 Å². The van der Waals surface area contributed by atoms with Crippen molar-refractivity contribution in [2.24, 2.45) is 0 Å². The van der Waals surface area contributed by atoms with E-state index in [2.05, 4.69) is 176 Å². The lowest BCUT2D eigenvalue weighted by atomic mass is 9.89. The van der Waals surface area contributed by atoms with Gasteiger partial charge >= 0.3 is 0 Å². The summed E-state index contributed by atoms with van der Waals surface area (Å²) >= 11 is 0. The normalized spacial score (nSPS) is 12.2. The predicted octanol–water partition coefficient (Wildman–Crippen LogP) is 14.4. The fourth-order valence-corrected chi connectivity index (χ4v) is 9.06. The fraction of sp³-hybridized carbons (Fsp3) is 0. The molecule has 0 aliphatic heterocycles. The first-order chi connectivity index (χ1) is 26.3. The molecule has 0 amide bonds. The van der Waals surface area contributed by atoms with Crippen molar-refractivity contribution in [2.75, 3.05) is 0 Å². The van der Waals surface area contributed by atoms with Crippen LogP contribution < -0.4 is 0 Å². The minimum Gasteiger partial charge on any atom is -0.455 e. The van der Waals surface area contributed by atoms with Crippen LogP contribution in [0.3, 0.4) is 0 Å². The van der Waals surface area contributed by atoms with Gasteiger partial charge in [-0.25, -0.2) is 4.98 Å². The summed E-state index contributed by atoms with van der Waals surface area (Å²) in [4.78, 5) is 5.69. The second kappa shape index (κ2) is 10.7. The average molecular weight is 672 g/mol. The van der Waals surface area contributed by atoms with E-state index >= 15 is 0 Å². The average Bonchev–Trinajstić information content (AvgIpc) is 3.64. The number of hydrogen-bond acceptors (Lipinski definition) is 2. The van der Waals surface area contributed by atoms with E-state index in [0.29, 0.717) is 0 Å². The largest absolute Gasteiger partial charge is 0.455 e. The number of furan rings is 1. The second-order valence-corrected chi connectivity index (χ2v) is 14.2. The Balaban J connectivity index is 1.21. The van der Waals surface area contributed by atoms with Crippen molar-refractivity contribution >= 4 is 97.5 Å². The van der Waals surface area contributed by atoms with Gasteiger partial charge in [0.2, 0.25) is 0 Å². The molecule has 0 saturated carbocycles. The molecule has 53 heavy (non-hydrogen) atoms. The number of aromatic nitrogens is 1. The van der Waals surface area contributed by atoms with Gasteiger partial charge in [0.1, 0.15) is 11.2 Å². The van der Waals surface area contributed by atoms with Crippen LogP contribution in [0, 0.1) is 0 Å². The van der Waals surface area contributed by atoms with Crippen molar-refractivity contribution in [3.63, 3.8) is 0 Å². The van der Waals surface area contributed by atoms with E-state index in [4.69, 9.17) is 9.40 Å². The lowest BCUT2D eigenvalue weighted by Crippen LogP contribution is -1.94. The minimum atomic E-state index is 0.903. The molecule has 2 heteroatoms. The van der Waals surface area contributed by atoms with Gasteiger partial charge in [-0.2, -0.15) is 0 Å². The van der Waals surface area contributed by atoms with Gasteiger partial charge in [-0.3, -0.25) is 0 Å². The maximum atomic E-state index is 6.86. The molecule has 2 nitrogen and oxygen atoms in total. The molecule has 244 valence electrons. The highest BCUT2D eigenvalue weighted by Gasteiger charge is 2.21. The van der Waals surface area contributed by atoms with Gasteiger partial charge in [0.25, 0.3) is 0 Å². The van der Waals surface area contributed by atoms with E-state index in [1.807, 2.05) is 0 Å². The molecule has 12 rings (SSSR count). The van der Waals surface area contributed by atoms with Crippen molar-refractivity contribution in [3.8, 4) is 22.4 Å². The molecule has 0 radical (unpaired) electrons. The molecule has 0 spiro atoms. The van der Waals surface area contributed by atoms with Crippen molar-refractivity contribution in [1.29, 1.82) is 0 Å². The van der Waals surface area contributed by atoms with Gasteiger partial charge in [0, 0.05) is 38.1 Å². The molecule has 2 heterocycles. The first-order valence-corrected chi connectivity index (χ1v) is 18.2. The van der Waals surface area contributed by atoms with Gasteiger partial charge in [0.15, 0.2) is 0 Å². The summed E-state index contributed by atoms with van der Waals surface area (Å²) in [5.74, 6) is 0. The van der Waals surface area contributed by atoms with Crippen LogP contribution in [0.4, 0.5) is 0 Å². The maximum absolute atomic E-state index is 6.86. The lowest BCUT2D eigenvalue weighted by Gasteiger charge is -2.17. The van der Waals surface area contributed by atoms with E-state index in [9.17, 15) is 0 Å². The highest BCUT2D eigenvalue weighted by Crippen LogP contribution is 2.46. The van der Waals surface area contributed by atoms with Crippen LogP contribution in [-0.2, 0) is 0 Å². The summed E-state index contributed by atoms with van der Waals surface area (Å²) in [6.07, 6.45) is 0. The monoisotopic (exact) mass is 671 g/mol. The first kappa shape index (κ1) is 28.6. The highest BCUT2D eigenvalue weighted by atomic mass is 16.3. The number of nitrogens with zero attached hydrogens (tertiary/aromatic N) is 1. The third-order valence-electron chi connectivity index (χ3n) is 11.4. The van der Waals surface area contributed by atoms with Crippen LogP contribution in [0.25, 0.3) is 120 Å². The molecule has 0 aliphatic carbocycles. The Labute approximate surface area is 304 Å². The van der Waals surface area contributed by atoms with Gasteiger partial charge in [-0.15, -0.1) is 0 Å². The zero-order valence-electron chi connectivity index (χ0n) is 28.6. The minimum absolute atomic E-state index is 0.903. The van der Waals surface area contributed by atoms with E-state index in [1.165, 1.54) is 75.4 Å². The first-order valence-electron chi connectivity index (χ1n) is 18.2. The van der Waals surface area contributed by atoms with Crippen molar-refractivity contribution in [1.82, 2.24) is 4.98 Å². The Morgan fingerprint density at radius 1 is 0.340 bits per heavy atom. The maximum Gasteiger partial charge on any atom is 0.143 e. The van der Waals surface area contributed by atoms with Gasteiger partial charge in [-0.1, -0.05) is 158 Å². The van der Waals surface area contributed by atoms with E-state index in [0.717, 1.165) is 44.5 Å². The molecule has 10 aromatic carbocycles. The van der Waals surface area contributed by atoms with E-state index < -0.39 is 0 Å². The van der Waals surface area contributed by atoms with Crippen LogP contribution in [0.1, 0.15) is 0 Å². The third-order valence-corrected chi connectivity index (χ3v) is 11.4. The summed E-state index contributed by atoms with van der Waals surface area (Å²) in [5.41, 5.74) is 7.07. The summed E-state index contributed by atoms with van der Waals surface area (Å²) in [6.45, 7) is 0. The van der Waals surface area contributed by atoms with Gasteiger partial charge in [0.05, 0.1) is 11.2 Å². The zero-order chi connectivity index (χ0) is 34.6. The number of pyridine rings is 1. The van der Waals surface area contributed by atoms with Crippen molar-refractivity contribution < 1.29 is 4.42 Å². The Kier molecular flexibility index (Phi) is 5.80. The van der Waals surface area contributed by atoms with Crippen molar-refractivity contribution in [3.05, 3.63) is 176 Å². The number of benzene rings is 10. The summed E-state index contributed by atoms with van der Waals surface area (Å²) < 4.78 is 6.86. The molecular weight excluding hydrogens is 643 g/mol. The van der Waals surface area contributed by atoms with Gasteiger partial charge in [-0.05, 0) is 77.6 Å². The molecule has 0 fully saturated rings. The van der Waals surface area contributed by atoms with E-state index in [1.54, 1.807) is 0 Å². The Hall–Kier alpha value is -7.03. The summed E-state index contributed by atoms with van der Waals surface area (Å²) in [7, 11) is 0. The molecule has 0 N–H and O–H groups in total. The molecule has 0 atom stereocenters. The Morgan fingerprint density at radius 2 is 0.906 bits per heavy atom. The predicted molar refractivity (Wildman–Crippen MR) is 225 cm³/mol. The van der Waals surface area contributed by atoms with Crippen LogP contribution in [0.15, 0.2) is 180 Å². The van der Waals surface area contributed by atoms with Crippen LogP contribution >= 0.6 is 0 Å². The zero-order valence-corrected chi connectivity index (χ0v) is 28.6. The number of fused-ring (bicyclic) bond motifs is 17. The topological polar surface area (TPSA) is 26.0 Å². The molecule has 0 unspecified atom stereocenters. The summed E-state index contributed by atoms with van der Waals surface area (Å²) in [6, 6.07) is 63.5. The second-order valence-electron chi connectivity index (χ2n) is 14.2. The number of hydrogen-bond donors (Lipinski definition) is 0. The summed E-state index contributed by atoms with van der Waals surface area (Å²) in [5, 5.41) is 18.0. The highest BCUT2D eigenvalue weighted by molar-refractivity contribution is 6.34. The molecule has 2 aromatic heterocycles. The smallest absolute Gasteiger partial charge is 0.143 e. The number of rotatable bonds is 2. The van der Waals surface area contributed by atoms with Gasteiger partial charge < -0.3 is 4.42 Å². The standard InChI is InChI=1S/C51H29NO/c1-4-17-35-30(12-1)24-26-42-45(35)49(52-50-41-23-10-8-21-39(41)38-20-7-9-22-40(38)46(42)50)34-16-11-15-32(28-34)43-29-33-14-3-6-19-37(33)48-47-36-18-5-2-13-31(36)25-27-44(47)53-51(43)48/h1-29H.